The molecule has 2 heterocycles. The number of hydrogen-bond donors (Lipinski definition) is 2. The molecular formula is C27H29ClN4O5S. The van der Waals surface area contributed by atoms with Gasteiger partial charge in [-0.1, -0.05) is 41.9 Å². The SMILES string of the molecule is CC(C)(Oc1ccccc1Cl)C(=O)N1CCC(c2nc(C(=O)NNC(=O)COc3ccccc3)cs2)CC1. The summed E-state index contributed by atoms with van der Waals surface area (Å²) in [5.41, 5.74) is 3.85. The number of thiazole rings is 1. The molecule has 0 aliphatic carbocycles. The van der Waals surface area contributed by atoms with E-state index in [-0.39, 0.29) is 24.1 Å². The second kappa shape index (κ2) is 12.3. The van der Waals surface area contributed by atoms with Crippen LogP contribution in [-0.4, -0.2) is 52.9 Å². The summed E-state index contributed by atoms with van der Waals surface area (Å²) in [5.74, 6) is 0.0513. The zero-order valence-corrected chi connectivity index (χ0v) is 22.7. The Kier molecular flexibility index (Phi) is 8.85. The predicted molar refractivity (Wildman–Crippen MR) is 144 cm³/mol. The van der Waals surface area contributed by atoms with E-state index in [9.17, 15) is 14.4 Å². The molecule has 0 saturated carbocycles. The van der Waals surface area contributed by atoms with Crippen LogP contribution in [0.15, 0.2) is 60.0 Å². The minimum absolute atomic E-state index is 0.109. The molecule has 0 atom stereocenters. The maximum atomic E-state index is 13.2. The molecule has 1 aromatic heterocycles. The maximum absolute atomic E-state index is 13.2. The second-order valence-corrected chi connectivity index (χ2v) is 10.6. The van der Waals surface area contributed by atoms with Crippen LogP contribution < -0.4 is 20.3 Å². The Morgan fingerprint density at radius 2 is 1.74 bits per heavy atom. The van der Waals surface area contributed by atoms with E-state index in [4.69, 9.17) is 21.1 Å². The van der Waals surface area contributed by atoms with Crippen molar-refractivity contribution in [3.8, 4) is 11.5 Å². The average Bonchev–Trinajstić information content (AvgIpc) is 3.42. The fraction of sp³-hybridized carbons (Fsp3) is 0.333. The maximum Gasteiger partial charge on any atom is 0.289 e. The van der Waals surface area contributed by atoms with Gasteiger partial charge < -0.3 is 14.4 Å². The van der Waals surface area contributed by atoms with Gasteiger partial charge in [0.2, 0.25) is 0 Å². The van der Waals surface area contributed by atoms with Gasteiger partial charge in [0, 0.05) is 24.4 Å². The summed E-state index contributed by atoms with van der Waals surface area (Å²) in [5, 5.41) is 2.94. The van der Waals surface area contributed by atoms with Gasteiger partial charge in [0.15, 0.2) is 12.2 Å². The highest BCUT2D eigenvalue weighted by molar-refractivity contribution is 7.09. The van der Waals surface area contributed by atoms with Crippen molar-refractivity contribution in [2.24, 2.45) is 0 Å². The molecule has 0 unspecified atom stereocenters. The minimum Gasteiger partial charge on any atom is -0.484 e. The topological polar surface area (TPSA) is 110 Å². The van der Waals surface area contributed by atoms with Gasteiger partial charge >= 0.3 is 0 Å². The highest BCUT2D eigenvalue weighted by Crippen LogP contribution is 2.33. The molecule has 2 N–H and O–H groups in total. The van der Waals surface area contributed by atoms with E-state index in [1.54, 1.807) is 66.6 Å². The van der Waals surface area contributed by atoms with Crippen LogP contribution in [0.3, 0.4) is 0 Å². The van der Waals surface area contributed by atoms with E-state index >= 15 is 0 Å². The molecule has 0 radical (unpaired) electrons. The van der Waals surface area contributed by atoms with Crippen molar-refractivity contribution in [3.05, 3.63) is 75.7 Å². The van der Waals surface area contributed by atoms with E-state index in [0.29, 0.717) is 29.6 Å². The number of hydrazine groups is 1. The molecule has 9 nitrogen and oxygen atoms in total. The molecular weight excluding hydrogens is 528 g/mol. The van der Waals surface area contributed by atoms with Crippen LogP contribution in [0.25, 0.3) is 0 Å². The first-order chi connectivity index (χ1) is 18.2. The normalized spacial score (nSPS) is 14.0. The number of amides is 3. The first kappa shape index (κ1) is 27.4. The van der Waals surface area contributed by atoms with Gasteiger partial charge in [-0.15, -0.1) is 11.3 Å². The lowest BCUT2D eigenvalue weighted by molar-refractivity contribution is -0.146. The van der Waals surface area contributed by atoms with Crippen LogP contribution in [0, 0.1) is 0 Å². The van der Waals surface area contributed by atoms with Gasteiger partial charge in [-0.25, -0.2) is 4.98 Å². The fourth-order valence-corrected chi connectivity index (χ4v) is 5.17. The smallest absolute Gasteiger partial charge is 0.289 e. The van der Waals surface area contributed by atoms with Crippen molar-refractivity contribution >= 4 is 40.7 Å². The molecule has 1 fully saturated rings. The zero-order chi connectivity index (χ0) is 27.1. The van der Waals surface area contributed by atoms with Gasteiger partial charge in [0.1, 0.15) is 17.2 Å². The summed E-state index contributed by atoms with van der Waals surface area (Å²) in [4.78, 5) is 43.8. The third kappa shape index (κ3) is 7.02. The highest BCUT2D eigenvalue weighted by Gasteiger charge is 2.37. The van der Waals surface area contributed by atoms with Crippen LogP contribution in [0.5, 0.6) is 11.5 Å². The van der Waals surface area contributed by atoms with Crippen LogP contribution in [0.1, 0.15) is 48.1 Å². The summed E-state index contributed by atoms with van der Waals surface area (Å²) in [6, 6.07) is 16.0. The number of halogens is 1. The Balaban J connectivity index is 1.24. The van der Waals surface area contributed by atoms with E-state index < -0.39 is 17.4 Å². The number of carbonyl (C=O) groups excluding carboxylic acids is 3. The Hall–Kier alpha value is -3.63. The number of benzene rings is 2. The lowest BCUT2D eigenvalue weighted by Crippen LogP contribution is -2.51. The zero-order valence-electron chi connectivity index (χ0n) is 21.1. The summed E-state index contributed by atoms with van der Waals surface area (Å²) in [6.45, 7) is 4.35. The molecule has 2 aromatic carbocycles. The number of rotatable bonds is 8. The first-order valence-corrected chi connectivity index (χ1v) is 13.4. The van der Waals surface area contributed by atoms with Crippen molar-refractivity contribution in [2.45, 2.75) is 38.2 Å². The Morgan fingerprint density at radius 3 is 2.45 bits per heavy atom. The molecule has 1 aliphatic heterocycles. The second-order valence-electron chi connectivity index (χ2n) is 9.28. The molecule has 0 spiro atoms. The molecule has 200 valence electrons. The van der Waals surface area contributed by atoms with Gasteiger partial charge in [-0.3, -0.25) is 25.2 Å². The average molecular weight is 557 g/mol. The van der Waals surface area contributed by atoms with Crippen LogP contribution in [0.2, 0.25) is 5.02 Å². The summed E-state index contributed by atoms with van der Waals surface area (Å²) in [7, 11) is 0. The predicted octanol–water partition coefficient (Wildman–Crippen LogP) is 4.20. The number of hydrogen-bond acceptors (Lipinski definition) is 7. The number of likely N-dealkylation sites (tertiary alicyclic amines) is 1. The molecule has 0 bridgehead atoms. The number of carbonyl (C=O) groups is 3. The molecule has 3 aromatic rings. The largest absolute Gasteiger partial charge is 0.484 e. The van der Waals surface area contributed by atoms with Crippen LogP contribution in [-0.2, 0) is 9.59 Å². The summed E-state index contributed by atoms with van der Waals surface area (Å²) < 4.78 is 11.3. The Labute approximate surface area is 230 Å². The van der Waals surface area contributed by atoms with Crippen LogP contribution in [0.4, 0.5) is 0 Å². The Morgan fingerprint density at radius 1 is 1.05 bits per heavy atom. The monoisotopic (exact) mass is 556 g/mol. The fourth-order valence-electron chi connectivity index (χ4n) is 4.03. The molecule has 38 heavy (non-hydrogen) atoms. The first-order valence-electron chi connectivity index (χ1n) is 12.2. The minimum atomic E-state index is -1.07. The number of piperidine rings is 1. The highest BCUT2D eigenvalue weighted by atomic mass is 35.5. The van der Waals surface area contributed by atoms with Crippen molar-refractivity contribution in [1.29, 1.82) is 0 Å². The van der Waals surface area contributed by atoms with E-state index in [1.165, 1.54) is 11.3 Å². The molecule has 3 amide bonds. The number of aromatic nitrogens is 1. The molecule has 1 aliphatic rings. The van der Waals surface area contributed by atoms with Crippen molar-refractivity contribution < 1.29 is 23.9 Å². The number of ether oxygens (including phenoxy) is 2. The van der Waals surface area contributed by atoms with E-state index in [1.807, 2.05) is 12.1 Å². The van der Waals surface area contributed by atoms with Crippen molar-refractivity contribution in [1.82, 2.24) is 20.7 Å². The number of nitrogens with zero attached hydrogens (tertiary/aromatic N) is 2. The van der Waals surface area contributed by atoms with Gasteiger partial charge in [0.25, 0.3) is 17.7 Å². The van der Waals surface area contributed by atoms with E-state index in [0.717, 1.165) is 17.8 Å². The van der Waals surface area contributed by atoms with Crippen molar-refractivity contribution in [3.63, 3.8) is 0 Å². The molecule has 4 rings (SSSR count). The van der Waals surface area contributed by atoms with Gasteiger partial charge in [-0.2, -0.15) is 0 Å². The van der Waals surface area contributed by atoms with E-state index in [2.05, 4.69) is 15.8 Å². The Bertz CT molecular complexity index is 1280. The summed E-state index contributed by atoms with van der Waals surface area (Å²) in [6.07, 6.45) is 1.44. The molecule has 1 saturated heterocycles. The van der Waals surface area contributed by atoms with Gasteiger partial charge in [0.05, 0.1) is 10.0 Å². The summed E-state index contributed by atoms with van der Waals surface area (Å²) >= 11 is 7.59. The quantitative estimate of drug-likeness (QED) is 0.402. The lowest BCUT2D eigenvalue weighted by atomic mass is 9.96. The van der Waals surface area contributed by atoms with Crippen molar-refractivity contribution in [2.75, 3.05) is 19.7 Å². The van der Waals surface area contributed by atoms with Gasteiger partial charge in [-0.05, 0) is 51.0 Å². The number of nitrogens with one attached hydrogen (secondary N) is 2. The van der Waals surface area contributed by atoms with Crippen LogP contribution >= 0.6 is 22.9 Å². The third-order valence-corrected chi connectivity index (χ3v) is 7.35. The number of para-hydroxylation sites is 2. The lowest BCUT2D eigenvalue weighted by Gasteiger charge is -2.36. The third-order valence-electron chi connectivity index (χ3n) is 6.03. The molecule has 11 heteroatoms. The standard InChI is InChI=1S/C27H29ClN4O5S/c1-27(2,37-22-11-7-6-10-20(22)28)26(35)32-14-12-18(13-15-32)25-29-21(17-38-25)24(34)31-30-23(33)16-36-19-8-4-3-5-9-19/h3-11,17-18H,12-16H2,1-2H3,(H,30,33)(H,31,34).